The Morgan fingerprint density at radius 1 is 1.17 bits per heavy atom. The first kappa shape index (κ1) is 25.0. The fraction of sp³-hybridized carbons (Fsp3) is 0.385. The van der Waals surface area contributed by atoms with E-state index in [1.807, 2.05) is 30.3 Å². The van der Waals surface area contributed by atoms with Gasteiger partial charge in [0, 0.05) is 32.2 Å². The molecular formula is C26H28N4O3S2. The summed E-state index contributed by atoms with van der Waals surface area (Å²) < 4.78 is 7.27. The van der Waals surface area contributed by atoms with E-state index in [-0.39, 0.29) is 17.0 Å². The molecule has 3 heterocycles. The van der Waals surface area contributed by atoms with Crippen molar-refractivity contribution in [3.05, 3.63) is 61.8 Å². The van der Waals surface area contributed by atoms with E-state index in [1.165, 1.54) is 11.8 Å². The number of anilines is 1. The highest BCUT2D eigenvalue weighted by molar-refractivity contribution is 8.26. The van der Waals surface area contributed by atoms with Crippen molar-refractivity contribution in [1.29, 1.82) is 5.26 Å². The molecule has 35 heavy (non-hydrogen) atoms. The number of piperidine rings is 1. The van der Waals surface area contributed by atoms with Crippen LogP contribution in [0.5, 0.6) is 5.75 Å². The molecule has 4 rings (SSSR count). The van der Waals surface area contributed by atoms with E-state index >= 15 is 0 Å². The fourth-order valence-corrected chi connectivity index (χ4v) is 5.85. The number of pyridine rings is 1. The molecule has 0 radical (unpaired) electrons. The second kappa shape index (κ2) is 10.7. The molecule has 0 N–H and O–H groups in total. The third kappa shape index (κ3) is 5.00. The summed E-state index contributed by atoms with van der Waals surface area (Å²) in [4.78, 5) is 30.5. The van der Waals surface area contributed by atoms with E-state index in [0.717, 1.165) is 55.0 Å². The van der Waals surface area contributed by atoms with Crippen LogP contribution in [0.3, 0.4) is 0 Å². The van der Waals surface area contributed by atoms with E-state index in [4.69, 9.17) is 17.0 Å². The molecule has 1 aromatic carbocycles. The van der Waals surface area contributed by atoms with E-state index < -0.39 is 0 Å². The summed E-state index contributed by atoms with van der Waals surface area (Å²) in [5.41, 5.74) is 2.22. The quantitative estimate of drug-likeness (QED) is 0.431. The van der Waals surface area contributed by atoms with Crippen LogP contribution in [0.2, 0.25) is 0 Å². The van der Waals surface area contributed by atoms with Crippen LogP contribution in [0, 0.1) is 18.3 Å². The average molecular weight is 509 g/mol. The molecule has 2 fully saturated rings. The second-order valence-electron chi connectivity index (χ2n) is 8.69. The van der Waals surface area contributed by atoms with Gasteiger partial charge in [-0.1, -0.05) is 36.1 Å². The number of aromatic nitrogens is 1. The molecule has 0 unspecified atom stereocenters. The van der Waals surface area contributed by atoms with Crippen molar-refractivity contribution in [3.8, 4) is 11.8 Å². The van der Waals surface area contributed by atoms with Gasteiger partial charge in [0.25, 0.3) is 11.5 Å². The number of thioether (sulfide) groups is 1. The standard InChI is InChI=1S/C26H28N4O3S2/c1-17-20(23(29-12-5-4-6-13-29)28(2)24(31)21(17)16-27)15-22-25(32)30(26(34)35-22)14-11-18-7-9-19(33-3)10-8-18/h7-10,15H,4-6,11-14H2,1-3H3. The lowest BCUT2D eigenvalue weighted by atomic mass is 10.0. The van der Waals surface area contributed by atoms with Crippen LogP contribution in [0.15, 0.2) is 34.0 Å². The molecule has 0 atom stereocenters. The number of methoxy groups -OCH3 is 1. The van der Waals surface area contributed by atoms with Gasteiger partial charge in [0.2, 0.25) is 0 Å². The fourth-order valence-electron chi connectivity index (χ4n) is 4.56. The topological polar surface area (TPSA) is 78.6 Å². The molecule has 182 valence electrons. The molecule has 0 saturated carbocycles. The summed E-state index contributed by atoms with van der Waals surface area (Å²) in [5.74, 6) is 1.40. The molecule has 9 heteroatoms. The molecular weight excluding hydrogens is 480 g/mol. The zero-order chi connectivity index (χ0) is 25.1. The number of nitrogens with zero attached hydrogens (tertiary/aromatic N) is 4. The lowest BCUT2D eigenvalue weighted by Gasteiger charge is -2.32. The Labute approximate surface area is 215 Å². The minimum absolute atomic E-state index is 0.106. The van der Waals surface area contributed by atoms with Gasteiger partial charge in [-0.2, -0.15) is 5.26 Å². The molecule has 2 aliphatic rings. The van der Waals surface area contributed by atoms with Gasteiger partial charge >= 0.3 is 0 Å². The van der Waals surface area contributed by atoms with Gasteiger partial charge in [0.15, 0.2) is 0 Å². The third-order valence-electron chi connectivity index (χ3n) is 6.56. The van der Waals surface area contributed by atoms with Gasteiger partial charge in [0.1, 0.15) is 27.5 Å². The first-order valence-electron chi connectivity index (χ1n) is 11.6. The zero-order valence-electron chi connectivity index (χ0n) is 20.2. The van der Waals surface area contributed by atoms with E-state index in [0.29, 0.717) is 27.8 Å². The van der Waals surface area contributed by atoms with Crippen molar-refractivity contribution < 1.29 is 9.53 Å². The third-order valence-corrected chi connectivity index (χ3v) is 7.93. The minimum Gasteiger partial charge on any atom is -0.497 e. The summed E-state index contributed by atoms with van der Waals surface area (Å²) in [5, 5.41) is 9.65. The Balaban J connectivity index is 1.66. The maximum atomic E-state index is 13.3. The van der Waals surface area contributed by atoms with Gasteiger partial charge in [-0.05, 0) is 61.9 Å². The monoisotopic (exact) mass is 508 g/mol. The van der Waals surface area contributed by atoms with Crippen molar-refractivity contribution in [2.45, 2.75) is 32.6 Å². The SMILES string of the molecule is COc1ccc(CCN2C(=O)C(=Cc3c(C)c(C#N)c(=O)n(C)c3N3CCCCC3)SC2=S)cc1. The normalized spacial score (nSPS) is 17.3. The largest absolute Gasteiger partial charge is 0.497 e. The number of hydrogen-bond donors (Lipinski definition) is 0. The minimum atomic E-state index is -0.310. The van der Waals surface area contributed by atoms with Gasteiger partial charge in [-0.3, -0.25) is 19.1 Å². The van der Waals surface area contributed by atoms with Crippen molar-refractivity contribution in [2.24, 2.45) is 7.05 Å². The maximum absolute atomic E-state index is 13.3. The zero-order valence-corrected chi connectivity index (χ0v) is 21.8. The summed E-state index contributed by atoms with van der Waals surface area (Å²) >= 11 is 6.81. The summed E-state index contributed by atoms with van der Waals surface area (Å²) in [6.07, 6.45) is 5.72. The molecule has 0 aliphatic carbocycles. The number of ether oxygens (including phenoxy) is 1. The highest BCUT2D eigenvalue weighted by atomic mass is 32.2. The van der Waals surface area contributed by atoms with Gasteiger partial charge < -0.3 is 9.64 Å². The molecule has 0 spiro atoms. The summed E-state index contributed by atoms with van der Waals surface area (Å²) in [6, 6.07) is 9.82. The lowest BCUT2D eigenvalue weighted by molar-refractivity contribution is -0.122. The highest BCUT2D eigenvalue weighted by Crippen LogP contribution is 2.36. The van der Waals surface area contributed by atoms with E-state index in [2.05, 4.69) is 11.0 Å². The van der Waals surface area contributed by atoms with Crippen LogP contribution in [0.25, 0.3) is 6.08 Å². The molecule has 1 amide bonds. The van der Waals surface area contributed by atoms with Crippen molar-refractivity contribution in [1.82, 2.24) is 9.47 Å². The van der Waals surface area contributed by atoms with Crippen LogP contribution in [-0.4, -0.2) is 46.4 Å². The highest BCUT2D eigenvalue weighted by Gasteiger charge is 2.33. The Morgan fingerprint density at radius 2 is 1.86 bits per heavy atom. The van der Waals surface area contributed by atoms with E-state index in [1.54, 1.807) is 30.5 Å². The van der Waals surface area contributed by atoms with Crippen LogP contribution in [-0.2, 0) is 18.3 Å². The Hall–Kier alpha value is -3.09. The first-order chi connectivity index (χ1) is 16.8. The van der Waals surface area contributed by atoms with Crippen LogP contribution >= 0.6 is 24.0 Å². The number of carbonyl (C=O) groups excluding carboxylic acids is 1. The van der Waals surface area contributed by atoms with E-state index in [9.17, 15) is 14.9 Å². The van der Waals surface area contributed by atoms with Gasteiger partial charge in [-0.25, -0.2) is 0 Å². The average Bonchev–Trinajstić information content (AvgIpc) is 3.14. The number of nitriles is 1. The molecule has 0 bridgehead atoms. The number of hydrogen-bond acceptors (Lipinski definition) is 7. The molecule has 2 aromatic rings. The number of rotatable bonds is 6. The van der Waals surface area contributed by atoms with Crippen molar-refractivity contribution in [2.75, 3.05) is 31.6 Å². The van der Waals surface area contributed by atoms with Gasteiger partial charge in [0.05, 0.1) is 12.0 Å². The molecule has 7 nitrogen and oxygen atoms in total. The Morgan fingerprint density at radius 3 is 2.49 bits per heavy atom. The van der Waals surface area contributed by atoms with Gasteiger partial charge in [-0.15, -0.1) is 0 Å². The molecule has 1 aromatic heterocycles. The van der Waals surface area contributed by atoms with Crippen LogP contribution in [0.1, 0.15) is 41.5 Å². The van der Waals surface area contributed by atoms with Crippen LogP contribution < -0.4 is 15.2 Å². The molecule has 2 aliphatic heterocycles. The summed E-state index contributed by atoms with van der Waals surface area (Å²) in [7, 11) is 3.33. The smallest absolute Gasteiger partial charge is 0.270 e. The lowest BCUT2D eigenvalue weighted by Crippen LogP contribution is -2.36. The number of benzene rings is 1. The maximum Gasteiger partial charge on any atom is 0.270 e. The predicted octanol–water partition coefficient (Wildman–Crippen LogP) is 4.01. The number of amides is 1. The number of carbonyl (C=O) groups is 1. The first-order valence-corrected chi connectivity index (χ1v) is 12.8. The number of thiocarbonyl (C=S) groups is 1. The predicted molar refractivity (Wildman–Crippen MR) is 144 cm³/mol. The van der Waals surface area contributed by atoms with Crippen LogP contribution in [0.4, 0.5) is 5.82 Å². The molecule has 2 saturated heterocycles. The second-order valence-corrected chi connectivity index (χ2v) is 10.4. The van der Waals surface area contributed by atoms with Crippen molar-refractivity contribution in [3.63, 3.8) is 0 Å². The Bertz CT molecular complexity index is 1290. The Kier molecular flexibility index (Phi) is 7.63. The summed E-state index contributed by atoms with van der Waals surface area (Å²) in [6.45, 7) is 3.93. The van der Waals surface area contributed by atoms with Crippen molar-refractivity contribution >= 4 is 46.1 Å².